The van der Waals surface area contributed by atoms with Gasteiger partial charge in [-0.15, -0.1) is 0 Å². The maximum absolute atomic E-state index is 13.1. The summed E-state index contributed by atoms with van der Waals surface area (Å²) in [6.45, 7) is 4.63. The maximum Gasteiger partial charge on any atom is 0.344 e. The van der Waals surface area contributed by atoms with Crippen LogP contribution in [0, 0.1) is 0 Å². The van der Waals surface area contributed by atoms with Gasteiger partial charge in [-0.2, -0.15) is 5.01 Å². The van der Waals surface area contributed by atoms with Crippen molar-refractivity contribution in [3.8, 4) is 0 Å². The van der Waals surface area contributed by atoms with Gasteiger partial charge in [0.1, 0.15) is 11.4 Å². The molecule has 2 aliphatic heterocycles. The highest BCUT2D eigenvalue weighted by molar-refractivity contribution is 6.30. The number of rotatable bonds is 6. The Kier molecular flexibility index (Phi) is 6.29. The van der Waals surface area contributed by atoms with Crippen LogP contribution in [0.3, 0.4) is 0 Å². The molecule has 2 aromatic rings. The second kappa shape index (κ2) is 9.13. The molecule has 2 fully saturated rings. The summed E-state index contributed by atoms with van der Waals surface area (Å²) in [5.74, 6) is -0.0515. The Balaban J connectivity index is 1.34. The highest BCUT2D eigenvalue weighted by Crippen LogP contribution is 2.31. The Labute approximate surface area is 191 Å². The molecule has 2 aliphatic rings. The zero-order valence-electron chi connectivity index (χ0n) is 17.8. The number of carbonyl (C=O) groups excluding carboxylic acids is 3. The summed E-state index contributed by atoms with van der Waals surface area (Å²) in [5, 5.41) is 4.14. The van der Waals surface area contributed by atoms with E-state index in [2.05, 4.69) is 20.6 Å². The number of piperazine rings is 1. The molecule has 0 spiro atoms. The van der Waals surface area contributed by atoms with Crippen LogP contribution in [0.1, 0.15) is 18.9 Å². The molecule has 32 heavy (non-hydrogen) atoms. The Morgan fingerprint density at radius 1 is 1.12 bits per heavy atom. The number of halogens is 1. The fourth-order valence-electron chi connectivity index (χ4n) is 4.09. The van der Waals surface area contributed by atoms with Crippen LogP contribution >= 0.6 is 11.6 Å². The lowest BCUT2D eigenvalue weighted by molar-refractivity contribution is -0.139. The first-order valence-corrected chi connectivity index (χ1v) is 10.9. The summed E-state index contributed by atoms with van der Waals surface area (Å²) in [5.41, 5.74) is 1.99. The molecule has 2 N–H and O–H groups in total. The molecule has 1 atom stereocenters. The average Bonchev–Trinajstić information content (AvgIpc) is 3.06. The van der Waals surface area contributed by atoms with Crippen LogP contribution in [0.4, 0.5) is 10.6 Å². The number of carbonyl (C=O) groups is 3. The molecule has 4 rings (SSSR count). The number of imide groups is 1. The van der Waals surface area contributed by atoms with Crippen molar-refractivity contribution in [2.24, 2.45) is 0 Å². The van der Waals surface area contributed by atoms with Crippen LogP contribution < -0.4 is 15.6 Å². The van der Waals surface area contributed by atoms with Crippen LogP contribution in [-0.4, -0.2) is 65.5 Å². The molecular weight excluding hydrogens is 432 g/mol. The molecule has 1 aromatic carbocycles. The molecule has 4 amide bonds. The lowest BCUT2D eigenvalue weighted by atomic mass is 9.87. The van der Waals surface area contributed by atoms with Gasteiger partial charge in [-0.05, 0) is 24.1 Å². The molecule has 0 radical (unpaired) electrons. The molecule has 0 saturated carbocycles. The minimum absolute atomic E-state index is 0.0867. The van der Waals surface area contributed by atoms with Gasteiger partial charge in [0.25, 0.3) is 11.8 Å². The van der Waals surface area contributed by atoms with E-state index in [1.165, 1.54) is 0 Å². The summed E-state index contributed by atoms with van der Waals surface area (Å²) < 4.78 is 0. The second-order valence-corrected chi connectivity index (χ2v) is 8.26. The van der Waals surface area contributed by atoms with Crippen LogP contribution in [-0.2, 0) is 15.1 Å². The van der Waals surface area contributed by atoms with Crippen molar-refractivity contribution >= 4 is 35.3 Å². The predicted octanol–water partition coefficient (Wildman–Crippen LogP) is 1.75. The largest absolute Gasteiger partial charge is 0.354 e. The highest BCUT2D eigenvalue weighted by atomic mass is 35.5. The topological polar surface area (TPSA) is 97.9 Å². The van der Waals surface area contributed by atoms with E-state index in [1.54, 1.807) is 24.4 Å². The molecule has 3 heterocycles. The summed E-state index contributed by atoms with van der Waals surface area (Å²) >= 11 is 5.89. The summed E-state index contributed by atoms with van der Waals surface area (Å²) in [6.07, 6.45) is 1.98. The predicted molar refractivity (Wildman–Crippen MR) is 120 cm³/mol. The maximum atomic E-state index is 13.1. The van der Waals surface area contributed by atoms with Gasteiger partial charge >= 0.3 is 6.03 Å². The van der Waals surface area contributed by atoms with Gasteiger partial charge in [-0.1, -0.05) is 48.9 Å². The van der Waals surface area contributed by atoms with Crippen molar-refractivity contribution < 1.29 is 14.4 Å². The third-order valence-electron chi connectivity index (χ3n) is 5.90. The normalized spacial score (nSPS) is 21.6. The summed E-state index contributed by atoms with van der Waals surface area (Å²) in [6, 6.07) is 12.1. The third-order valence-corrected chi connectivity index (χ3v) is 6.12. The number of hydrazine groups is 1. The Bertz CT molecular complexity index is 994. The van der Waals surface area contributed by atoms with Gasteiger partial charge < -0.3 is 10.2 Å². The fraction of sp³-hybridized carbons (Fsp3) is 0.364. The number of urea groups is 1. The highest BCUT2D eigenvalue weighted by Gasteiger charge is 2.52. The van der Waals surface area contributed by atoms with E-state index < -0.39 is 23.4 Å². The van der Waals surface area contributed by atoms with Crippen LogP contribution in [0.25, 0.3) is 0 Å². The standard InChI is InChI=1S/C22H25ClN6O3/c1-2-22(16-6-4-3-5-7-16)20(31)29(21(32)25-22)26-19(30)15-27-10-12-28(13-11-27)18-9-8-17(23)14-24-18/h3-9,14H,2,10-13,15H2,1H3,(H,25,32)(H,26,30). The van der Waals surface area contributed by atoms with E-state index in [1.807, 2.05) is 36.1 Å². The number of hydrogen-bond acceptors (Lipinski definition) is 6. The number of anilines is 1. The second-order valence-electron chi connectivity index (χ2n) is 7.83. The van der Waals surface area contributed by atoms with Gasteiger partial charge in [0, 0.05) is 32.4 Å². The quantitative estimate of drug-likeness (QED) is 0.643. The zero-order valence-corrected chi connectivity index (χ0v) is 18.5. The number of amides is 4. The molecule has 168 valence electrons. The monoisotopic (exact) mass is 456 g/mol. The minimum atomic E-state index is -1.18. The van der Waals surface area contributed by atoms with Crippen LogP contribution in [0.5, 0.6) is 0 Å². The van der Waals surface area contributed by atoms with Gasteiger partial charge in [0.2, 0.25) is 0 Å². The first-order valence-electron chi connectivity index (χ1n) is 10.5. The lowest BCUT2D eigenvalue weighted by Crippen LogP contribution is -2.54. The van der Waals surface area contributed by atoms with Crippen molar-refractivity contribution in [2.75, 3.05) is 37.6 Å². The molecule has 9 nitrogen and oxygen atoms in total. The van der Waals surface area contributed by atoms with E-state index in [0.29, 0.717) is 43.2 Å². The first kappa shape index (κ1) is 22.0. The van der Waals surface area contributed by atoms with Crippen molar-refractivity contribution in [2.45, 2.75) is 18.9 Å². The molecular formula is C22H25ClN6O3. The van der Waals surface area contributed by atoms with E-state index in [-0.39, 0.29) is 6.54 Å². The Hall–Kier alpha value is -3.17. The summed E-state index contributed by atoms with van der Waals surface area (Å²) in [7, 11) is 0. The molecule has 10 heteroatoms. The average molecular weight is 457 g/mol. The van der Waals surface area contributed by atoms with E-state index in [9.17, 15) is 14.4 Å². The SMILES string of the molecule is CCC1(c2ccccc2)NC(=O)N(NC(=O)CN2CCN(c3ccc(Cl)cn3)CC2)C1=O. The minimum Gasteiger partial charge on any atom is -0.354 e. The van der Waals surface area contributed by atoms with Crippen molar-refractivity contribution in [1.82, 2.24) is 25.6 Å². The molecule has 2 saturated heterocycles. The van der Waals surface area contributed by atoms with Crippen molar-refractivity contribution in [3.05, 3.63) is 59.2 Å². The summed E-state index contributed by atoms with van der Waals surface area (Å²) in [4.78, 5) is 46.7. The molecule has 1 unspecified atom stereocenters. The fourth-order valence-corrected chi connectivity index (χ4v) is 4.20. The number of nitrogens with zero attached hydrogens (tertiary/aromatic N) is 4. The number of hydrogen-bond donors (Lipinski definition) is 2. The van der Waals surface area contributed by atoms with Gasteiger partial charge in [-0.25, -0.2) is 9.78 Å². The lowest BCUT2D eigenvalue weighted by Gasteiger charge is -2.35. The van der Waals surface area contributed by atoms with Gasteiger partial charge in [0.05, 0.1) is 11.6 Å². The van der Waals surface area contributed by atoms with E-state index in [4.69, 9.17) is 11.6 Å². The molecule has 0 bridgehead atoms. The Morgan fingerprint density at radius 3 is 2.47 bits per heavy atom. The first-order chi connectivity index (χ1) is 15.4. The smallest absolute Gasteiger partial charge is 0.344 e. The van der Waals surface area contributed by atoms with Crippen molar-refractivity contribution in [1.29, 1.82) is 0 Å². The third kappa shape index (κ3) is 4.26. The zero-order chi connectivity index (χ0) is 22.7. The molecule has 1 aromatic heterocycles. The van der Waals surface area contributed by atoms with Crippen LogP contribution in [0.15, 0.2) is 48.7 Å². The van der Waals surface area contributed by atoms with Gasteiger partial charge in [-0.3, -0.25) is 19.9 Å². The number of nitrogens with one attached hydrogen (secondary N) is 2. The van der Waals surface area contributed by atoms with E-state index >= 15 is 0 Å². The van der Waals surface area contributed by atoms with Crippen LogP contribution in [0.2, 0.25) is 5.02 Å². The Morgan fingerprint density at radius 2 is 1.84 bits per heavy atom. The van der Waals surface area contributed by atoms with Gasteiger partial charge in [0.15, 0.2) is 0 Å². The number of pyridine rings is 1. The number of aromatic nitrogens is 1. The molecule has 0 aliphatic carbocycles. The van der Waals surface area contributed by atoms with E-state index in [0.717, 1.165) is 10.8 Å². The number of benzene rings is 1. The van der Waals surface area contributed by atoms with Crippen molar-refractivity contribution in [3.63, 3.8) is 0 Å².